The van der Waals surface area contributed by atoms with Gasteiger partial charge in [0.15, 0.2) is 0 Å². The zero-order valence-electron chi connectivity index (χ0n) is 18.5. The minimum absolute atomic E-state index is 0.0697. The van der Waals surface area contributed by atoms with Crippen LogP contribution < -0.4 is 0 Å². The molecule has 2 aromatic rings. The van der Waals surface area contributed by atoms with Gasteiger partial charge in [-0.05, 0) is 52.6 Å². The highest BCUT2D eigenvalue weighted by atomic mass is 16.5. The van der Waals surface area contributed by atoms with E-state index in [0.29, 0.717) is 34.9 Å². The molecule has 3 heterocycles. The van der Waals surface area contributed by atoms with Crippen molar-refractivity contribution in [3.05, 3.63) is 51.7 Å². The predicted molar refractivity (Wildman–Crippen MR) is 113 cm³/mol. The van der Waals surface area contributed by atoms with Crippen LogP contribution in [0.15, 0.2) is 22.1 Å². The third-order valence-corrected chi connectivity index (χ3v) is 5.42. The lowest BCUT2D eigenvalue weighted by Gasteiger charge is -2.24. The van der Waals surface area contributed by atoms with Crippen LogP contribution in [0.4, 0.5) is 0 Å². The summed E-state index contributed by atoms with van der Waals surface area (Å²) in [6.07, 6.45) is 0. The molecule has 0 spiro atoms. The topological polar surface area (TPSA) is 116 Å². The van der Waals surface area contributed by atoms with Gasteiger partial charge in [0.05, 0.1) is 12.7 Å². The summed E-state index contributed by atoms with van der Waals surface area (Å²) in [5.74, 6) is -1.45. The van der Waals surface area contributed by atoms with Gasteiger partial charge in [0.2, 0.25) is 0 Å². The van der Waals surface area contributed by atoms with Gasteiger partial charge in [0, 0.05) is 24.3 Å². The molecule has 3 rings (SSSR count). The first-order chi connectivity index (χ1) is 14.6. The predicted octanol–water partition coefficient (Wildman–Crippen LogP) is 2.30. The highest BCUT2D eigenvalue weighted by molar-refractivity contribution is 6.46. The van der Waals surface area contributed by atoms with Crippen molar-refractivity contribution in [2.24, 2.45) is 0 Å². The average molecular weight is 429 g/mol. The number of likely N-dealkylation sites (tertiary alicyclic amines) is 1. The number of H-pyrrole nitrogens is 1. The number of aryl methyl sites for hydroxylation is 2. The van der Waals surface area contributed by atoms with Gasteiger partial charge in [0.25, 0.3) is 11.7 Å². The standard InChI is InChI=1S/C22H27N3O6/c1-11-7-8-14(31-11)18-16(20(27)21(28)25(18)10-9-24(4)5)19(26)15-12(2)17(22(29)30-6)23-13(15)3/h7-8,18,23,26H,9-10H2,1-6H3/b19-16+/t18-/m1/s1. The molecule has 9 nitrogen and oxygen atoms in total. The van der Waals surface area contributed by atoms with Crippen LogP contribution in [0.2, 0.25) is 0 Å². The van der Waals surface area contributed by atoms with Gasteiger partial charge < -0.3 is 29.0 Å². The molecular formula is C22H27N3O6. The Hall–Kier alpha value is -3.33. The molecule has 0 radical (unpaired) electrons. The van der Waals surface area contributed by atoms with Gasteiger partial charge in [0.1, 0.15) is 29.0 Å². The summed E-state index contributed by atoms with van der Waals surface area (Å²) in [6.45, 7) is 5.87. The number of ether oxygens (including phenoxy) is 1. The van der Waals surface area contributed by atoms with E-state index in [4.69, 9.17) is 9.15 Å². The SMILES string of the molecule is COC(=O)c1[nH]c(C)c(/C(O)=C2\C(=O)C(=O)N(CCN(C)C)[C@@H]2c2ccc(C)o2)c1C. The first kappa shape index (κ1) is 22.4. The van der Waals surface area contributed by atoms with Crippen LogP contribution in [0.25, 0.3) is 5.76 Å². The van der Waals surface area contributed by atoms with Crippen LogP contribution in [0.3, 0.4) is 0 Å². The largest absolute Gasteiger partial charge is 0.507 e. The number of aromatic amines is 1. The van der Waals surface area contributed by atoms with Crippen LogP contribution in [0.5, 0.6) is 0 Å². The molecule has 1 aliphatic heterocycles. The summed E-state index contributed by atoms with van der Waals surface area (Å²) in [5.41, 5.74) is 1.30. The number of rotatable bonds is 6. The van der Waals surface area contributed by atoms with E-state index in [-0.39, 0.29) is 23.6 Å². The third kappa shape index (κ3) is 3.88. The van der Waals surface area contributed by atoms with Crippen molar-refractivity contribution < 1.29 is 28.6 Å². The number of likely N-dealkylation sites (N-methyl/N-ethyl adjacent to an activating group) is 1. The first-order valence-corrected chi connectivity index (χ1v) is 9.85. The second kappa shape index (κ2) is 8.43. The second-order valence-electron chi connectivity index (χ2n) is 7.86. The fourth-order valence-corrected chi connectivity index (χ4v) is 3.86. The Morgan fingerprint density at radius 1 is 1.26 bits per heavy atom. The Morgan fingerprint density at radius 2 is 1.94 bits per heavy atom. The van der Waals surface area contributed by atoms with E-state index in [1.54, 1.807) is 32.9 Å². The number of nitrogens with one attached hydrogen (secondary N) is 1. The number of aromatic nitrogens is 1. The van der Waals surface area contributed by atoms with Crippen molar-refractivity contribution in [3.8, 4) is 0 Å². The minimum atomic E-state index is -0.871. The van der Waals surface area contributed by atoms with E-state index in [1.807, 2.05) is 19.0 Å². The van der Waals surface area contributed by atoms with E-state index < -0.39 is 23.7 Å². The molecule has 0 aliphatic carbocycles. The lowest BCUT2D eigenvalue weighted by atomic mass is 9.97. The molecule has 1 amide bonds. The van der Waals surface area contributed by atoms with Crippen LogP contribution >= 0.6 is 0 Å². The van der Waals surface area contributed by atoms with Crippen molar-refractivity contribution in [3.63, 3.8) is 0 Å². The number of ketones is 1. The molecule has 0 bridgehead atoms. The number of carbonyl (C=O) groups is 3. The Morgan fingerprint density at radius 3 is 2.48 bits per heavy atom. The first-order valence-electron chi connectivity index (χ1n) is 9.85. The summed E-state index contributed by atoms with van der Waals surface area (Å²) < 4.78 is 10.5. The Labute approximate surface area is 180 Å². The summed E-state index contributed by atoms with van der Waals surface area (Å²) in [6, 6.07) is 2.56. The van der Waals surface area contributed by atoms with Crippen LogP contribution in [-0.2, 0) is 14.3 Å². The monoisotopic (exact) mass is 429 g/mol. The molecule has 1 fully saturated rings. The van der Waals surface area contributed by atoms with Crippen molar-refractivity contribution in [1.82, 2.24) is 14.8 Å². The fraction of sp³-hybridized carbons (Fsp3) is 0.409. The van der Waals surface area contributed by atoms with Gasteiger partial charge in [-0.15, -0.1) is 0 Å². The Bertz CT molecular complexity index is 1080. The highest BCUT2D eigenvalue weighted by Crippen LogP contribution is 2.41. The summed E-state index contributed by atoms with van der Waals surface area (Å²) in [5, 5.41) is 11.2. The van der Waals surface area contributed by atoms with E-state index in [0.717, 1.165) is 0 Å². The summed E-state index contributed by atoms with van der Waals surface area (Å²) in [4.78, 5) is 44.1. The molecule has 2 N–H and O–H groups in total. The number of aliphatic hydroxyl groups excluding tert-OH is 1. The average Bonchev–Trinajstić information content (AvgIpc) is 3.34. The molecular weight excluding hydrogens is 402 g/mol. The van der Waals surface area contributed by atoms with Crippen molar-refractivity contribution in [2.75, 3.05) is 34.3 Å². The number of amides is 1. The lowest BCUT2D eigenvalue weighted by Crippen LogP contribution is -2.35. The van der Waals surface area contributed by atoms with Crippen molar-refractivity contribution in [2.45, 2.75) is 26.8 Å². The van der Waals surface area contributed by atoms with Gasteiger partial charge in [-0.2, -0.15) is 0 Å². The third-order valence-electron chi connectivity index (χ3n) is 5.42. The molecule has 2 aromatic heterocycles. The number of furan rings is 1. The second-order valence-corrected chi connectivity index (χ2v) is 7.86. The van der Waals surface area contributed by atoms with Gasteiger partial charge in [-0.1, -0.05) is 0 Å². The van der Waals surface area contributed by atoms with Crippen molar-refractivity contribution in [1.29, 1.82) is 0 Å². The number of carbonyl (C=O) groups excluding carboxylic acids is 3. The zero-order chi connectivity index (χ0) is 23.0. The van der Waals surface area contributed by atoms with E-state index in [9.17, 15) is 19.5 Å². The molecule has 0 unspecified atom stereocenters. The van der Waals surface area contributed by atoms with Crippen LogP contribution in [0.1, 0.15) is 44.9 Å². The number of esters is 1. The quantitative estimate of drug-likeness (QED) is 0.313. The van der Waals surface area contributed by atoms with E-state index >= 15 is 0 Å². The zero-order valence-corrected chi connectivity index (χ0v) is 18.5. The van der Waals surface area contributed by atoms with Gasteiger partial charge in [-0.25, -0.2) is 4.79 Å². The number of hydrogen-bond donors (Lipinski definition) is 2. The van der Waals surface area contributed by atoms with Crippen molar-refractivity contribution >= 4 is 23.4 Å². The summed E-state index contributed by atoms with van der Waals surface area (Å²) >= 11 is 0. The maximum Gasteiger partial charge on any atom is 0.354 e. The molecule has 0 aromatic carbocycles. The molecule has 0 saturated carbocycles. The molecule has 31 heavy (non-hydrogen) atoms. The Balaban J connectivity index is 2.20. The van der Waals surface area contributed by atoms with Gasteiger partial charge >= 0.3 is 5.97 Å². The maximum absolute atomic E-state index is 13.0. The lowest BCUT2D eigenvalue weighted by molar-refractivity contribution is -0.140. The molecule has 1 atom stereocenters. The molecule has 1 saturated heterocycles. The van der Waals surface area contributed by atoms with Crippen LogP contribution in [0, 0.1) is 20.8 Å². The number of methoxy groups -OCH3 is 1. The number of Topliss-reactive ketones (excluding diaryl/α,β-unsaturated/α-hetero) is 1. The minimum Gasteiger partial charge on any atom is -0.507 e. The smallest absolute Gasteiger partial charge is 0.354 e. The number of hydrogen-bond acceptors (Lipinski definition) is 7. The molecule has 1 aliphatic rings. The number of nitrogens with zero attached hydrogens (tertiary/aromatic N) is 2. The fourth-order valence-electron chi connectivity index (χ4n) is 3.86. The molecule has 9 heteroatoms. The van der Waals surface area contributed by atoms with E-state index in [1.165, 1.54) is 12.0 Å². The normalized spacial score (nSPS) is 18.3. The van der Waals surface area contributed by atoms with E-state index in [2.05, 4.69) is 4.98 Å². The molecule has 166 valence electrons. The van der Waals surface area contributed by atoms with Crippen LogP contribution in [-0.4, -0.2) is 71.8 Å². The summed E-state index contributed by atoms with van der Waals surface area (Å²) in [7, 11) is 4.99. The maximum atomic E-state index is 13.0. The van der Waals surface area contributed by atoms with Gasteiger partial charge in [-0.3, -0.25) is 9.59 Å². The Kier molecular flexibility index (Phi) is 6.08. The highest BCUT2D eigenvalue weighted by Gasteiger charge is 2.47. The number of aliphatic hydroxyl groups is 1.